The summed E-state index contributed by atoms with van der Waals surface area (Å²) in [4.78, 5) is 47.9. The molecule has 0 saturated carbocycles. The van der Waals surface area contributed by atoms with Crippen LogP contribution in [0.4, 0.5) is 0 Å². The Morgan fingerprint density at radius 2 is 1.91 bits per heavy atom. The van der Waals surface area contributed by atoms with Crippen LogP contribution in [0.5, 0.6) is 0 Å². The molecule has 1 rings (SSSR count). The molecule has 1 saturated heterocycles. The third-order valence-corrected chi connectivity index (χ3v) is 3.71. The highest BCUT2D eigenvalue weighted by Crippen LogP contribution is 2.18. The zero-order valence-electron chi connectivity index (χ0n) is 13.8. The fourth-order valence-corrected chi connectivity index (χ4v) is 2.67. The molecule has 0 aliphatic carbocycles. The van der Waals surface area contributed by atoms with Gasteiger partial charge in [0.15, 0.2) is 0 Å². The largest absolute Gasteiger partial charge is 0.548 e. The van der Waals surface area contributed by atoms with Gasteiger partial charge in [-0.1, -0.05) is 13.8 Å². The van der Waals surface area contributed by atoms with Gasteiger partial charge in [0.05, 0.1) is 12.5 Å². The lowest BCUT2D eigenvalue weighted by Crippen LogP contribution is -2.54. The van der Waals surface area contributed by atoms with E-state index in [9.17, 15) is 24.3 Å². The number of carbonyl (C=O) groups is 4. The predicted molar refractivity (Wildman–Crippen MR) is 79.8 cm³/mol. The second-order valence-corrected chi connectivity index (χ2v) is 6.15. The Morgan fingerprint density at radius 3 is 2.43 bits per heavy atom. The smallest absolute Gasteiger partial charge is 0.243 e. The highest BCUT2D eigenvalue weighted by Gasteiger charge is 2.34. The summed E-state index contributed by atoms with van der Waals surface area (Å²) in [7, 11) is 0. The number of amides is 3. The Bertz CT molecular complexity index is 478. The van der Waals surface area contributed by atoms with Crippen molar-refractivity contribution >= 4 is 23.7 Å². The molecule has 8 nitrogen and oxygen atoms in total. The average molecular weight is 326 g/mol. The molecule has 8 heteroatoms. The minimum atomic E-state index is -1.40. The molecule has 0 aromatic carbocycles. The maximum absolute atomic E-state index is 12.4. The van der Waals surface area contributed by atoms with Gasteiger partial charge in [-0.3, -0.25) is 14.4 Å². The van der Waals surface area contributed by atoms with Crippen LogP contribution in [0.15, 0.2) is 0 Å². The summed E-state index contributed by atoms with van der Waals surface area (Å²) >= 11 is 0. The molecule has 2 N–H and O–H groups in total. The van der Waals surface area contributed by atoms with E-state index in [1.807, 2.05) is 13.8 Å². The first-order valence-electron chi connectivity index (χ1n) is 7.77. The number of nitrogens with zero attached hydrogens (tertiary/aromatic N) is 1. The van der Waals surface area contributed by atoms with Crippen LogP contribution in [0.2, 0.25) is 0 Å². The molecule has 0 spiro atoms. The van der Waals surface area contributed by atoms with Gasteiger partial charge in [0.2, 0.25) is 17.7 Å². The summed E-state index contributed by atoms with van der Waals surface area (Å²) in [5.74, 6) is -2.40. The number of carbonyl (C=O) groups excluding carboxylic acids is 4. The number of likely N-dealkylation sites (tertiary alicyclic amines) is 1. The highest BCUT2D eigenvalue weighted by atomic mass is 16.4. The van der Waals surface area contributed by atoms with E-state index in [-0.39, 0.29) is 17.7 Å². The van der Waals surface area contributed by atoms with E-state index in [0.717, 1.165) is 6.42 Å². The lowest BCUT2D eigenvalue weighted by Gasteiger charge is -2.26. The number of hydrogen-bond acceptors (Lipinski definition) is 5. The van der Waals surface area contributed by atoms with Gasteiger partial charge in [-0.15, -0.1) is 0 Å². The van der Waals surface area contributed by atoms with E-state index in [2.05, 4.69) is 10.6 Å². The van der Waals surface area contributed by atoms with Gasteiger partial charge in [0, 0.05) is 13.5 Å². The van der Waals surface area contributed by atoms with E-state index < -0.39 is 30.5 Å². The Morgan fingerprint density at radius 1 is 1.26 bits per heavy atom. The molecule has 23 heavy (non-hydrogen) atoms. The molecular weight excluding hydrogens is 302 g/mol. The van der Waals surface area contributed by atoms with Crippen LogP contribution in [0.25, 0.3) is 0 Å². The van der Waals surface area contributed by atoms with E-state index in [0.29, 0.717) is 19.4 Å². The first-order chi connectivity index (χ1) is 10.7. The standard InChI is InChI=1S/C15H25N3O5/c1-9(2)7-11(14(22)16-8-13(20)21)17-15(23)12-5-4-6-18(12)10(3)19/h9,11-12H,4-8H2,1-3H3,(H,16,22)(H,17,23)(H,20,21)/p-1/t11-,12-/m0/s1. The fourth-order valence-electron chi connectivity index (χ4n) is 2.67. The van der Waals surface area contributed by atoms with Gasteiger partial charge >= 0.3 is 0 Å². The quantitative estimate of drug-likeness (QED) is 0.584. The topological polar surface area (TPSA) is 119 Å². The molecular formula is C15H24N3O5-. The summed E-state index contributed by atoms with van der Waals surface area (Å²) in [6, 6.07) is -1.41. The van der Waals surface area contributed by atoms with Crippen molar-refractivity contribution in [3.05, 3.63) is 0 Å². The third-order valence-electron chi connectivity index (χ3n) is 3.71. The van der Waals surface area contributed by atoms with E-state index in [1.165, 1.54) is 11.8 Å². The van der Waals surface area contributed by atoms with Gasteiger partial charge in [-0.25, -0.2) is 0 Å². The second-order valence-electron chi connectivity index (χ2n) is 6.15. The first kappa shape index (κ1) is 18.9. The average Bonchev–Trinajstić information content (AvgIpc) is 2.93. The van der Waals surface area contributed by atoms with E-state index in [1.54, 1.807) is 0 Å². The van der Waals surface area contributed by atoms with Crippen molar-refractivity contribution in [1.82, 2.24) is 15.5 Å². The summed E-state index contributed by atoms with van der Waals surface area (Å²) in [6.07, 6.45) is 1.67. The molecule has 0 unspecified atom stereocenters. The van der Waals surface area contributed by atoms with Crippen molar-refractivity contribution in [3.8, 4) is 0 Å². The van der Waals surface area contributed by atoms with Crippen LogP contribution in [-0.4, -0.2) is 53.8 Å². The van der Waals surface area contributed by atoms with Crippen LogP contribution in [-0.2, 0) is 19.2 Å². The van der Waals surface area contributed by atoms with Crippen LogP contribution in [0.1, 0.15) is 40.0 Å². The zero-order valence-corrected chi connectivity index (χ0v) is 13.8. The molecule has 2 atom stereocenters. The number of aliphatic carboxylic acids is 1. The monoisotopic (exact) mass is 326 g/mol. The van der Waals surface area contributed by atoms with Crippen LogP contribution < -0.4 is 15.7 Å². The summed E-state index contributed by atoms with van der Waals surface area (Å²) < 4.78 is 0. The molecule has 0 bridgehead atoms. The predicted octanol–water partition coefficient (Wildman–Crippen LogP) is -1.61. The lowest BCUT2D eigenvalue weighted by atomic mass is 10.0. The number of hydrogen-bond donors (Lipinski definition) is 2. The van der Waals surface area contributed by atoms with Gasteiger partial charge in [-0.05, 0) is 25.2 Å². The Kier molecular flexibility index (Phi) is 6.99. The van der Waals surface area contributed by atoms with Gasteiger partial charge in [0.1, 0.15) is 12.1 Å². The van der Waals surface area contributed by atoms with Crippen molar-refractivity contribution in [2.75, 3.05) is 13.1 Å². The molecule has 3 amide bonds. The lowest BCUT2D eigenvalue weighted by molar-refractivity contribution is -0.304. The van der Waals surface area contributed by atoms with Crippen molar-refractivity contribution in [3.63, 3.8) is 0 Å². The Balaban J connectivity index is 2.71. The van der Waals surface area contributed by atoms with Gasteiger partial charge < -0.3 is 25.4 Å². The minimum Gasteiger partial charge on any atom is -0.548 e. The molecule has 1 aliphatic heterocycles. The van der Waals surface area contributed by atoms with E-state index in [4.69, 9.17) is 0 Å². The number of nitrogens with one attached hydrogen (secondary N) is 2. The zero-order chi connectivity index (χ0) is 17.6. The van der Waals surface area contributed by atoms with Crippen molar-refractivity contribution in [2.45, 2.75) is 52.1 Å². The fraction of sp³-hybridized carbons (Fsp3) is 0.733. The summed E-state index contributed by atoms with van der Waals surface area (Å²) in [6.45, 7) is 5.11. The normalized spacial score (nSPS) is 18.6. The number of carboxylic acids is 1. The Labute approximate surface area is 135 Å². The maximum Gasteiger partial charge on any atom is 0.243 e. The van der Waals surface area contributed by atoms with E-state index >= 15 is 0 Å². The van der Waals surface area contributed by atoms with Crippen LogP contribution in [0.3, 0.4) is 0 Å². The second kappa shape index (κ2) is 8.50. The van der Waals surface area contributed by atoms with Crippen LogP contribution >= 0.6 is 0 Å². The first-order valence-corrected chi connectivity index (χ1v) is 7.77. The molecule has 1 aliphatic rings. The minimum absolute atomic E-state index is 0.126. The highest BCUT2D eigenvalue weighted by molar-refractivity contribution is 5.92. The van der Waals surface area contributed by atoms with Gasteiger partial charge in [-0.2, -0.15) is 0 Å². The molecule has 130 valence electrons. The SMILES string of the molecule is CC(=O)N1CCC[C@H]1C(=O)N[C@@H](CC(C)C)C(=O)NCC(=O)[O-]. The summed E-state index contributed by atoms with van der Waals surface area (Å²) in [5.41, 5.74) is 0. The molecule has 0 aromatic heterocycles. The molecule has 1 heterocycles. The number of rotatable bonds is 7. The van der Waals surface area contributed by atoms with Gasteiger partial charge in [0.25, 0.3) is 0 Å². The van der Waals surface area contributed by atoms with Crippen LogP contribution in [0, 0.1) is 5.92 Å². The third kappa shape index (κ3) is 5.88. The molecule has 1 fully saturated rings. The van der Waals surface area contributed by atoms with Crippen molar-refractivity contribution in [1.29, 1.82) is 0 Å². The van der Waals surface area contributed by atoms with Crippen molar-refractivity contribution < 1.29 is 24.3 Å². The Hall–Kier alpha value is -2.12. The summed E-state index contributed by atoms with van der Waals surface area (Å²) in [5, 5.41) is 15.3. The molecule has 0 aromatic rings. The maximum atomic E-state index is 12.4. The van der Waals surface area contributed by atoms with Crippen molar-refractivity contribution in [2.24, 2.45) is 5.92 Å². The number of carboxylic acid groups (broad SMARTS) is 1. The molecule has 0 radical (unpaired) electrons.